The fourth-order valence-corrected chi connectivity index (χ4v) is 4.10. The first-order valence-corrected chi connectivity index (χ1v) is 7.67. The lowest BCUT2D eigenvalue weighted by Gasteiger charge is -2.28. The topological polar surface area (TPSA) is 54.1 Å². The summed E-state index contributed by atoms with van der Waals surface area (Å²) < 4.78 is 4.70. The number of H-pyrrole nitrogens is 1. The molecule has 2 aliphatic carbocycles. The highest BCUT2D eigenvalue weighted by atomic mass is 16.5. The molecule has 2 N–H and O–H groups in total. The summed E-state index contributed by atoms with van der Waals surface area (Å²) in [6, 6.07) is 4.29. The normalized spacial score (nSPS) is 29.6. The zero-order valence-corrected chi connectivity index (χ0v) is 12.3. The van der Waals surface area contributed by atoms with Gasteiger partial charge in [0, 0.05) is 18.3 Å². The summed E-state index contributed by atoms with van der Waals surface area (Å²) in [6.07, 6.45) is 5.73. The minimum absolute atomic E-state index is 0.308. The van der Waals surface area contributed by atoms with Gasteiger partial charge in [0.1, 0.15) is 5.69 Å². The van der Waals surface area contributed by atoms with Gasteiger partial charge in [-0.25, -0.2) is 4.79 Å². The van der Waals surface area contributed by atoms with E-state index in [1.54, 1.807) is 6.07 Å². The molecule has 0 aromatic carbocycles. The number of rotatable bonds is 5. The van der Waals surface area contributed by atoms with E-state index in [4.69, 9.17) is 4.74 Å². The molecule has 2 saturated carbocycles. The lowest BCUT2D eigenvalue weighted by molar-refractivity contribution is 0.0594. The predicted octanol–water partition coefficient (Wildman–Crippen LogP) is 2.72. The second kappa shape index (κ2) is 5.60. The summed E-state index contributed by atoms with van der Waals surface area (Å²) >= 11 is 0. The number of hydrogen-bond donors (Lipinski definition) is 2. The fourth-order valence-electron chi connectivity index (χ4n) is 4.10. The van der Waals surface area contributed by atoms with Gasteiger partial charge < -0.3 is 15.0 Å². The highest BCUT2D eigenvalue weighted by molar-refractivity contribution is 5.87. The number of nitrogens with one attached hydrogen (secondary N) is 2. The van der Waals surface area contributed by atoms with Crippen LogP contribution in [0, 0.1) is 17.8 Å². The molecule has 0 aliphatic heterocycles. The first kappa shape index (κ1) is 13.7. The van der Waals surface area contributed by atoms with Gasteiger partial charge in [0.2, 0.25) is 0 Å². The van der Waals surface area contributed by atoms with Crippen molar-refractivity contribution in [1.82, 2.24) is 10.3 Å². The van der Waals surface area contributed by atoms with Crippen LogP contribution in [0.3, 0.4) is 0 Å². The van der Waals surface area contributed by atoms with Crippen molar-refractivity contribution in [2.75, 3.05) is 7.11 Å². The van der Waals surface area contributed by atoms with E-state index < -0.39 is 0 Å². The second-order valence-electron chi connectivity index (χ2n) is 6.40. The number of aromatic amines is 1. The van der Waals surface area contributed by atoms with E-state index in [9.17, 15) is 4.79 Å². The van der Waals surface area contributed by atoms with Gasteiger partial charge in [0.15, 0.2) is 0 Å². The lowest BCUT2D eigenvalue weighted by Crippen LogP contribution is -2.35. The van der Waals surface area contributed by atoms with Gasteiger partial charge in [0.25, 0.3) is 0 Å². The molecule has 2 aliphatic rings. The molecule has 0 radical (unpaired) electrons. The number of ether oxygens (including phenoxy) is 1. The number of carbonyl (C=O) groups excluding carboxylic acids is 1. The Kier molecular flexibility index (Phi) is 3.83. The summed E-state index contributed by atoms with van der Waals surface area (Å²) in [7, 11) is 1.40. The van der Waals surface area contributed by atoms with E-state index in [1.165, 1.54) is 32.8 Å². The zero-order valence-electron chi connectivity index (χ0n) is 12.3. The molecule has 4 unspecified atom stereocenters. The molecule has 4 atom stereocenters. The van der Waals surface area contributed by atoms with E-state index in [2.05, 4.69) is 17.2 Å². The summed E-state index contributed by atoms with van der Waals surface area (Å²) in [4.78, 5) is 14.5. The number of fused-ring (bicyclic) bond motifs is 2. The van der Waals surface area contributed by atoms with Crippen molar-refractivity contribution >= 4 is 5.97 Å². The number of esters is 1. The van der Waals surface area contributed by atoms with Crippen molar-refractivity contribution in [1.29, 1.82) is 0 Å². The maximum atomic E-state index is 11.4. The van der Waals surface area contributed by atoms with Crippen LogP contribution < -0.4 is 5.32 Å². The van der Waals surface area contributed by atoms with Crippen molar-refractivity contribution in [3.05, 3.63) is 23.5 Å². The van der Waals surface area contributed by atoms with Gasteiger partial charge in [0.05, 0.1) is 7.11 Å². The van der Waals surface area contributed by atoms with Gasteiger partial charge in [-0.05, 0) is 56.1 Å². The van der Waals surface area contributed by atoms with Crippen LogP contribution in [-0.2, 0) is 11.3 Å². The third kappa shape index (κ3) is 2.62. The van der Waals surface area contributed by atoms with Crippen molar-refractivity contribution < 1.29 is 9.53 Å². The summed E-state index contributed by atoms with van der Waals surface area (Å²) in [5.74, 6) is 2.46. The summed E-state index contributed by atoms with van der Waals surface area (Å²) in [6.45, 7) is 3.08. The van der Waals surface area contributed by atoms with E-state index in [-0.39, 0.29) is 5.97 Å². The minimum Gasteiger partial charge on any atom is -0.464 e. The van der Waals surface area contributed by atoms with Crippen LogP contribution in [0.2, 0.25) is 0 Å². The van der Waals surface area contributed by atoms with Gasteiger partial charge >= 0.3 is 5.97 Å². The Bertz CT molecular complexity index is 483. The zero-order chi connectivity index (χ0) is 14.1. The molecular weight excluding hydrogens is 252 g/mol. The number of methoxy groups -OCH3 is 1. The Hall–Kier alpha value is -1.29. The van der Waals surface area contributed by atoms with Crippen LogP contribution >= 0.6 is 0 Å². The van der Waals surface area contributed by atoms with Crippen LogP contribution in [-0.4, -0.2) is 24.1 Å². The molecule has 4 nitrogen and oxygen atoms in total. The Morgan fingerprint density at radius 2 is 2.30 bits per heavy atom. The predicted molar refractivity (Wildman–Crippen MR) is 77.4 cm³/mol. The Balaban J connectivity index is 1.51. The maximum Gasteiger partial charge on any atom is 0.354 e. The third-order valence-electron chi connectivity index (χ3n) is 5.20. The Morgan fingerprint density at radius 3 is 2.95 bits per heavy atom. The van der Waals surface area contributed by atoms with Gasteiger partial charge in [-0.3, -0.25) is 0 Å². The van der Waals surface area contributed by atoms with Crippen molar-refractivity contribution in [3.8, 4) is 0 Å². The van der Waals surface area contributed by atoms with Gasteiger partial charge in [-0.1, -0.05) is 6.42 Å². The Labute approximate surface area is 120 Å². The highest BCUT2D eigenvalue weighted by Gasteiger charge is 2.41. The van der Waals surface area contributed by atoms with E-state index in [1.807, 2.05) is 6.07 Å². The van der Waals surface area contributed by atoms with E-state index in [0.29, 0.717) is 11.7 Å². The molecule has 4 heteroatoms. The molecular formula is C16H24N2O2. The maximum absolute atomic E-state index is 11.4. The average Bonchev–Trinajstić information content (AvgIpc) is 3.19. The molecule has 110 valence electrons. The molecule has 2 bridgehead atoms. The fraction of sp³-hybridized carbons (Fsp3) is 0.688. The van der Waals surface area contributed by atoms with Gasteiger partial charge in [-0.2, -0.15) is 0 Å². The summed E-state index contributed by atoms with van der Waals surface area (Å²) in [5, 5.41) is 3.61. The molecule has 20 heavy (non-hydrogen) atoms. The molecule has 1 aromatic heterocycles. The van der Waals surface area contributed by atoms with Crippen molar-refractivity contribution in [2.24, 2.45) is 17.8 Å². The quantitative estimate of drug-likeness (QED) is 0.813. The van der Waals surface area contributed by atoms with Crippen molar-refractivity contribution in [2.45, 2.75) is 45.2 Å². The SMILES string of the molecule is COC(=O)c1ccc(CNC(C)C2CC3CCC2C3)[nH]1. The van der Waals surface area contributed by atoms with E-state index in [0.717, 1.165) is 30.0 Å². The van der Waals surface area contributed by atoms with Crippen LogP contribution in [0.1, 0.15) is 48.8 Å². The van der Waals surface area contributed by atoms with Crippen LogP contribution in [0.4, 0.5) is 0 Å². The largest absolute Gasteiger partial charge is 0.464 e. The molecule has 3 rings (SSSR count). The summed E-state index contributed by atoms with van der Waals surface area (Å²) in [5.41, 5.74) is 1.57. The van der Waals surface area contributed by atoms with Gasteiger partial charge in [-0.15, -0.1) is 0 Å². The van der Waals surface area contributed by atoms with E-state index >= 15 is 0 Å². The molecule has 0 amide bonds. The molecule has 2 fully saturated rings. The number of carbonyl (C=O) groups is 1. The molecule has 0 saturated heterocycles. The standard InChI is InChI=1S/C16H24N2O2/c1-10(14-8-11-3-4-12(14)7-11)17-9-13-5-6-15(18-13)16(19)20-2/h5-6,10-12,14,17-18H,3-4,7-9H2,1-2H3. The molecule has 0 spiro atoms. The highest BCUT2D eigenvalue weighted by Crippen LogP contribution is 2.49. The van der Waals surface area contributed by atoms with Crippen LogP contribution in [0.5, 0.6) is 0 Å². The smallest absolute Gasteiger partial charge is 0.354 e. The van der Waals surface area contributed by atoms with Crippen LogP contribution in [0.25, 0.3) is 0 Å². The number of aromatic nitrogens is 1. The van der Waals surface area contributed by atoms with Crippen molar-refractivity contribution in [3.63, 3.8) is 0 Å². The first-order chi connectivity index (χ1) is 9.67. The Morgan fingerprint density at radius 1 is 1.45 bits per heavy atom. The minimum atomic E-state index is -0.308. The first-order valence-electron chi connectivity index (χ1n) is 7.67. The third-order valence-corrected chi connectivity index (χ3v) is 5.20. The second-order valence-corrected chi connectivity index (χ2v) is 6.40. The monoisotopic (exact) mass is 276 g/mol. The number of hydrogen-bond acceptors (Lipinski definition) is 3. The lowest BCUT2D eigenvalue weighted by atomic mass is 9.84. The van der Waals surface area contributed by atoms with Crippen LogP contribution in [0.15, 0.2) is 12.1 Å². The average molecular weight is 276 g/mol. The molecule has 1 heterocycles. The molecule has 1 aromatic rings.